The summed E-state index contributed by atoms with van der Waals surface area (Å²) >= 11 is 0. The highest BCUT2D eigenvalue weighted by Crippen LogP contribution is 2.30. The number of ether oxygens (including phenoxy) is 1. The second-order valence-electron chi connectivity index (χ2n) is 7.34. The first-order valence-electron chi connectivity index (χ1n) is 9.67. The molecule has 164 valence electrons. The highest BCUT2D eigenvalue weighted by atomic mass is 16.5. The van der Waals surface area contributed by atoms with Crippen molar-refractivity contribution >= 4 is 40.1 Å². The van der Waals surface area contributed by atoms with Crippen molar-refractivity contribution < 1.29 is 14.3 Å². The number of carbonyl (C=O) groups excluding carboxylic acids is 2. The Hall–Kier alpha value is -4.40. The summed E-state index contributed by atoms with van der Waals surface area (Å²) in [6.45, 7) is 0. The third-order valence-corrected chi connectivity index (χ3v) is 4.76. The molecule has 32 heavy (non-hydrogen) atoms. The minimum Gasteiger partial charge on any atom is -0.423 e. The van der Waals surface area contributed by atoms with Gasteiger partial charge in [-0.2, -0.15) is 0 Å². The molecule has 0 aliphatic rings. The molecule has 0 bridgehead atoms. The van der Waals surface area contributed by atoms with Crippen molar-refractivity contribution in [2.24, 2.45) is 22.2 Å². The Labute approximate surface area is 185 Å². The fraction of sp³-hybridized carbons (Fsp3) is 0.130. The Bertz CT molecular complexity index is 1230. The maximum Gasteiger partial charge on any atom is 0.343 e. The van der Waals surface area contributed by atoms with Crippen molar-refractivity contribution in [3.63, 3.8) is 0 Å². The lowest BCUT2D eigenvalue weighted by Crippen LogP contribution is -2.29. The van der Waals surface area contributed by atoms with Crippen LogP contribution in [0, 0.1) is 5.41 Å². The van der Waals surface area contributed by atoms with E-state index < -0.39 is 11.9 Å². The van der Waals surface area contributed by atoms with E-state index in [1.54, 1.807) is 73.6 Å². The zero-order valence-corrected chi connectivity index (χ0v) is 17.8. The Morgan fingerprint density at radius 3 is 2.22 bits per heavy atom. The number of hydrogen-bond donors (Lipinski definition) is 4. The van der Waals surface area contributed by atoms with E-state index >= 15 is 0 Å². The number of esters is 1. The van der Waals surface area contributed by atoms with Crippen LogP contribution in [0.4, 0.5) is 5.69 Å². The molecule has 0 radical (unpaired) electrons. The summed E-state index contributed by atoms with van der Waals surface area (Å²) in [6.07, 6.45) is -0.114. The Kier molecular flexibility index (Phi) is 6.39. The Balaban J connectivity index is 1.92. The van der Waals surface area contributed by atoms with E-state index in [-0.39, 0.29) is 18.0 Å². The molecule has 0 heterocycles. The molecule has 0 fully saturated rings. The van der Waals surface area contributed by atoms with E-state index in [0.717, 1.165) is 5.39 Å². The Morgan fingerprint density at radius 2 is 1.62 bits per heavy atom. The van der Waals surface area contributed by atoms with Gasteiger partial charge in [-0.25, -0.2) is 9.79 Å². The van der Waals surface area contributed by atoms with E-state index in [9.17, 15) is 9.59 Å². The third-order valence-electron chi connectivity index (χ3n) is 4.76. The normalized spacial score (nSPS) is 11.2. The van der Waals surface area contributed by atoms with Crippen LogP contribution in [0.15, 0.2) is 59.6 Å². The van der Waals surface area contributed by atoms with Crippen molar-refractivity contribution in [2.75, 3.05) is 14.1 Å². The van der Waals surface area contributed by atoms with Gasteiger partial charge < -0.3 is 26.8 Å². The lowest BCUT2D eigenvalue weighted by atomic mass is 9.98. The molecule has 3 aromatic carbocycles. The number of nitrogens with two attached hydrogens (primary N) is 3. The largest absolute Gasteiger partial charge is 0.423 e. The zero-order chi connectivity index (χ0) is 23.4. The summed E-state index contributed by atoms with van der Waals surface area (Å²) < 4.78 is 5.60. The predicted octanol–water partition coefficient (Wildman–Crippen LogP) is 1.88. The van der Waals surface area contributed by atoms with Crippen LogP contribution in [0.5, 0.6) is 5.75 Å². The maximum atomic E-state index is 12.7. The highest BCUT2D eigenvalue weighted by Gasteiger charge is 2.16. The number of hydrogen-bond acceptors (Lipinski definition) is 5. The van der Waals surface area contributed by atoms with Crippen LogP contribution in [-0.4, -0.2) is 42.7 Å². The molecule has 0 spiro atoms. The van der Waals surface area contributed by atoms with Gasteiger partial charge in [0.1, 0.15) is 11.6 Å². The lowest BCUT2D eigenvalue weighted by molar-refractivity contribution is -0.117. The highest BCUT2D eigenvalue weighted by molar-refractivity contribution is 6.01. The van der Waals surface area contributed by atoms with Gasteiger partial charge >= 0.3 is 5.97 Å². The second kappa shape index (κ2) is 9.17. The van der Waals surface area contributed by atoms with Crippen molar-refractivity contribution in [1.29, 1.82) is 5.41 Å². The van der Waals surface area contributed by atoms with Gasteiger partial charge in [0.15, 0.2) is 5.96 Å². The minimum atomic E-state index is -0.591. The number of benzene rings is 3. The SMILES string of the molecule is CN(C)C(N)=Nc1ccc(C(=O)Oc2ccc3cc(C(=N)N)ccc3c2CC(N)=O)cc1. The van der Waals surface area contributed by atoms with Crippen LogP contribution < -0.4 is 21.9 Å². The molecule has 0 aliphatic carbocycles. The Morgan fingerprint density at radius 1 is 0.969 bits per heavy atom. The molecule has 0 aromatic heterocycles. The van der Waals surface area contributed by atoms with Crippen LogP contribution in [0.1, 0.15) is 21.5 Å². The number of rotatable bonds is 6. The smallest absolute Gasteiger partial charge is 0.343 e. The summed E-state index contributed by atoms with van der Waals surface area (Å²) in [5.41, 5.74) is 18.7. The molecule has 0 atom stereocenters. The van der Waals surface area contributed by atoms with Crippen molar-refractivity contribution in [2.45, 2.75) is 6.42 Å². The minimum absolute atomic E-state index is 0.0704. The van der Waals surface area contributed by atoms with Gasteiger partial charge in [-0.1, -0.05) is 18.2 Å². The van der Waals surface area contributed by atoms with Crippen molar-refractivity contribution in [3.8, 4) is 5.75 Å². The van der Waals surface area contributed by atoms with Gasteiger partial charge in [0.25, 0.3) is 0 Å². The first-order valence-corrected chi connectivity index (χ1v) is 9.67. The first kappa shape index (κ1) is 22.3. The molecule has 9 nitrogen and oxygen atoms in total. The number of primary amides is 1. The van der Waals surface area contributed by atoms with Gasteiger partial charge in [0.05, 0.1) is 17.7 Å². The van der Waals surface area contributed by atoms with Gasteiger partial charge in [0.2, 0.25) is 5.91 Å². The predicted molar refractivity (Wildman–Crippen MR) is 124 cm³/mol. The molecule has 0 unspecified atom stereocenters. The van der Waals surface area contributed by atoms with Gasteiger partial charge in [-0.15, -0.1) is 0 Å². The number of fused-ring (bicyclic) bond motifs is 1. The molecule has 0 saturated carbocycles. The number of aliphatic imine (C=N–C) groups is 1. The van der Waals surface area contributed by atoms with Crippen LogP contribution in [0.3, 0.4) is 0 Å². The van der Waals surface area contributed by atoms with E-state index in [1.807, 2.05) is 0 Å². The van der Waals surface area contributed by atoms with Gasteiger partial charge in [-0.3, -0.25) is 10.2 Å². The number of carbonyl (C=O) groups is 2. The summed E-state index contributed by atoms with van der Waals surface area (Å²) in [4.78, 5) is 30.3. The fourth-order valence-electron chi connectivity index (χ4n) is 3.06. The van der Waals surface area contributed by atoms with Crippen LogP contribution in [0.2, 0.25) is 0 Å². The molecule has 9 heteroatoms. The molecule has 3 rings (SSSR count). The number of guanidine groups is 1. The summed E-state index contributed by atoms with van der Waals surface area (Å²) in [5, 5.41) is 9.03. The first-order chi connectivity index (χ1) is 15.2. The standard InChI is InChI=1S/C23H24N6O3/c1-29(2)23(27)28-16-7-3-13(4-8-16)22(31)32-19-10-6-14-11-15(21(25)26)5-9-17(14)18(19)12-20(24)30/h3-11H,12H2,1-2H3,(H2,24,30)(H3,25,26)(H2,27,28). The number of amidine groups is 1. The molecule has 7 N–H and O–H groups in total. The number of nitrogens with one attached hydrogen (secondary N) is 1. The average Bonchev–Trinajstić information content (AvgIpc) is 2.75. The number of amides is 1. The van der Waals surface area contributed by atoms with E-state index in [0.29, 0.717) is 33.7 Å². The molecule has 1 amide bonds. The topological polar surface area (TPSA) is 161 Å². The summed E-state index contributed by atoms with van der Waals surface area (Å²) in [6, 6.07) is 14.9. The lowest BCUT2D eigenvalue weighted by Gasteiger charge is -2.13. The second-order valence-corrected chi connectivity index (χ2v) is 7.34. The fourth-order valence-corrected chi connectivity index (χ4v) is 3.06. The van der Waals surface area contributed by atoms with Crippen molar-refractivity contribution in [3.05, 3.63) is 71.3 Å². The maximum absolute atomic E-state index is 12.7. The molecular formula is C23H24N6O3. The average molecular weight is 432 g/mol. The molecular weight excluding hydrogens is 408 g/mol. The number of nitrogens with zero attached hydrogens (tertiary/aromatic N) is 2. The van der Waals surface area contributed by atoms with E-state index in [1.165, 1.54) is 0 Å². The molecule has 3 aromatic rings. The third kappa shape index (κ3) is 5.01. The quantitative estimate of drug-likeness (QED) is 0.201. The monoisotopic (exact) mass is 432 g/mol. The summed E-state index contributed by atoms with van der Waals surface area (Å²) in [7, 11) is 3.55. The molecule has 0 aliphatic heterocycles. The van der Waals surface area contributed by atoms with E-state index in [4.69, 9.17) is 27.3 Å². The number of nitrogen functional groups attached to an aromatic ring is 1. The zero-order valence-electron chi connectivity index (χ0n) is 17.8. The van der Waals surface area contributed by atoms with Gasteiger partial charge in [0, 0.05) is 25.2 Å². The summed E-state index contributed by atoms with van der Waals surface area (Å²) in [5.74, 6) is -0.659. The van der Waals surface area contributed by atoms with Crippen LogP contribution >= 0.6 is 0 Å². The van der Waals surface area contributed by atoms with E-state index in [2.05, 4.69) is 4.99 Å². The molecule has 0 saturated heterocycles. The van der Waals surface area contributed by atoms with Gasteiger partial charge in [-0.05, 0) is 47.2 Å². The van der Waals surface area contributed by atoms with Crippen molar-refractivity contribution in [1.82, 2.24) is 4.90 Å². The van der Waals surface area contributed by atoms with Crippen LogP contribution in [0.25, 0.3) is 10.8 Å². The van der Waals surface area contributed by atoms with Crippen LogP contribution in [-0.2, 0) is 11.2 Å².